The molecule has 1 atom stereocenters. The maximum atomic E-state index is 12.0. The van der Waals surface area contributed by atoms with Gasteiger partial charge < -0.3 is 4.74 Å². The lowest BCUT2D eigenvalue weighted by molar-refractivity contribution is -0.190. The minimum Gasteiger partial charge on any atom is -0.465 e. The molecule has 0 amide bonds. The molecule has 0 bridgehead atoms. The number of hydrogen-bond acceptors (Lipinski definition) is 3. The fourth-order valence-electron chi connectivity index (χ4n) is 0.630. The predicted octanol–water partition coefficient (Wildman–Crippen LogP) is 2.46. The van der Waals surface area contributed by atoms with Gasteiger partial charge in [0.2, 0.25) is 5.88 Å². The van der Waals surface area contributed by atoms with Crippen LogP contribution in [0, 0.1) is 0 Å². The molecule has 0 fully saturated rings. The van der Waals surface area contributed by atoms with Gasteiger partial charge in [0.1, 0.15) is 11.5 Å². The van der Waals surface area contributed by atoms with Crippen LogP contribution in [-0.2, 0) is 0 Å². The van der Waals surface area contributed by atoms with Gasteiger partial charge in [-0.05, 0) is 6.92 Å². The summed E-state index contributed by atoms with van der Waals surface area (Å²) in [5, 5.41) is 0.0318. The van der Waals surface area contributed by atoms with E-state index in [4.69, 9.17) is 11.6 Å². The van der Waals surface area contributed by atoms with Crippen LogP contribution < -0.4 is 4.74 Å². The second kappa shape index (κ2) is 4.00. The highest BCUT2D eigenvalue weighted by Gasteiger charge is 2.38. The summed E-state index contributed by atoms with van der Waals surface area (Å²) in [5.74, 6) is -0.199. The van der Waals surface area contributed by atoms with E-state index in [1.54, 1.807) is 0 Å². The molecule has 0 radical (unpaired) electrons. The highest BCUT2D eigenvalue weighted by Crippen LogP contribution is 2.24. The Morgan fingerprint density at radius 3 is 2.57 bits per heavy atom. The maximum Gasteiger partial charge on any atom is 0.425 e. The van der Waals surface area contributed by atoms with Gasteiger partial charge in [-0.15, -0.1) is 0 Å². The van der Waals surface area contributed by atoms with Crippen molar-refractivity contribution in [3.63, 3.8) is 0 Å². The zero-order valence-corrected chi connectivity index (χ0v) is 7.80. The molecule has 0 saturated heterocycles. The van der Waals surface area contributed by atoms with Gasteiger partial charge >= 0.3 is 6.18 Å². The first-order valence-corrected chi connectivity index (χ1v) is 3.98. The minimum atomic E-state index is -4.42. The number of alkyl halides is 3. The van der Waals surface area contributed by atoms with Crippen molar-refractivity contribution in [1.29, 1.82) is 0 Å². The molecule has 0 spiro atoms. The lowest BCUT2D eigenvalue weighted by Gasteiger charge is -2.16. The second-order valence-corrected chi connectivity index (χ2v) is 2.87. The maximum absolute atomic E-state index is 12.0. The first kappa shape index (κ1) is 11.0. The summed E-state index contributed by atoms with van der Waals surface area (Å²) in [6.07, 6.45) is -5.31. The molecule has 0 aliphatic rings. The molecule has 0 aliphatic carbocycles. The van der Waals surface area contributed by atoms with Gasteiger partial charge in [0.05, 0.1) is 0 Å². The molecule has 7 heteroatoms. The van der Waals surface area contributed by atoms with Crippen LogP contribution in [0.15, 0.2) is 12.4 Å². The number of hydrogen-bond donors (Lipinski definition) is 0. The van der Waals surface area contributed by atoms with Crippen molar-refractivity contribution in [2.75, 3.05) is 0 Å². The van der Waals surface area contributed by atoms with Crippen molar-refractivity contribution in [1.82, 2.24) is 9.97 Å². The zero-order valence-electron chi connectivity index (χ0n) is 7.05. The van der Waals surface area contributed by atoms with Gasteiger partial charge in [-0.2, -0.15) is 13.2 Å². The van der Waals surface area contributed by atoms with Crippen LogP contribution in [0.4, 0.5) is 13.2 Å². The highest BCUT2D eigenvalue weighted by molar-refractivity contribution is 6.29. The topological polar surface area (TPSA) is 35.0 Å². The molecule has 1 aromatic heterocycles. The monoisotopic (exact) mass is 226 g/mol. The number of aromatic nitrogens is 2. The van der Waals surface area contributed by atoms with Crippen LogP contribution in [0.25, 0.3) is 0 Å². The minimum absolute atomic E-state index is 0.0318. The van der Waals surface area contributed by atoms with E-state index in [-0.39, 0.29) is 11.0 Å². The fourth-order valence-corrected chi connectivity index (χ4v) is 0.767. The standard InChI is InChI=1S/C7H6ClF3N2O/c1-4(7(9,10)11)14-6-2-5(8)12-3-13-6/h2-4H,1H3. The molecule has 1 unspecified atom stereocenters. The summed E-state index contributed by atoms with van der Waals surface area (Å²) in [4.78, 5) is 6.98. The Labute approximate surface area is 82.9 Å². The van der Waals surface area contributed by atoms with Crippen LogP contribution in [0.5, 0.6) is 5.88 Å². The van der Waals surface area contributed by atoms with Gasteiger partial charge in [0.25, 0.3) is 0 Å². The van der Waals surface area contributed by atoms with Crippen LogP contribution in [0.1, 0.15) is 6.92 Å². The lowest BCUT2D eigenvalue weighted by Crippen LogP contribution is -2.31. The molecule has 78 valence electrons. The van der Waals surface area contributed by atoms with Crippen molar-refractivity contribution < 1.29 is 17.9 Å². The average Bonchev–Trinajstić information content (AvgIpc) is 2.02. The molecule has 0 saturated carbocycles. The average molecular weight is 227 g/mol. The third-order valence-electron chi connectivity index (χ3n) is 1.37. The molecule has 0 aromatic carbocycles. The molecule has 0 N–H and O–H groups in total. The third kappa shape index (κ3) is 3.02. The Balaban J connectivity index is 2.70. The van der Waals surface area contributed by atoms with Gasteiger partial charge in [-0.25, -0.2) is 9.97 Å². The number of rotatable bonds is 2. The first-order chi connectivity index (χ1) is 6.39. The zero-order chi connectivity index (χ0) is 10.8. The molecular formula is C7H6ClF3N2O. The van der Waals surface area contributed by atoms with Crippen LogP contribution >= 0.6 is 11.6 Å². The normalized spacial score (nSPS) is 13.8. The SMILES string of the molecule is CC(Oc1cc(Cl)ncn1)C(F)(F)F. The van der Waals surface area contributed by atoms with Crippen molar-refractivity contribution in [2.24, 2.45) is 0 Å². The molecule has 14 heavy (non-hydrogen) atoms. The number of halogens is 4. The predicted molar refractivity (Wildman–Crippen MR) is 43.2 cm³/mol. The van der Waals surface area contributed by atoms with Crippen molar-refractivity contribution in [3.05, 3.63) is 17.5 Å². The Hall–Kier alpha value is -1.04. The fraction of sp³-hybridized carbons (Fsp3) is 0.429. The Morgan fingerprint density at radius 2 is 2.07 bits per heavy atom. The van der Waals surface area contributed by atoms with E-state index >= 15 is 0 Å². The summed E-state index contributed by atoms with van der Waals surface area (Å²) in [6.45, 7) is 0.885. The second-order valence-electron chi connectivity index (χ2n) is 2.48. The summed E-state index contributed by atoms with van der Waals surface area (Å²) < 4.78 is 40.6. The van der Waals surface area contributed by atoms with E-state index in [2.05, 4.69) is 14.7 Å². The molecule has 1 rings (SSSR count). The number of nitrogens with zero attached hydrogens (tertiary/aromatic N) is 2. The number of ether oxygens (including phenoxy) is 1. The molecule has 1 heterocycles. The third-order valence-corrected chi connectivity index (χ3v) is 1.57. The Kier molecular flexibility index (Phi) is 3.15. The summed E-state index contributed by atoms with van der Waals surface area (Å²) in [5.41, 5.74) is 0. The summed E-state index contributed by atoms with van der Waals surface area (Å²) in [7, 11) is 0. The van der Waals surface area contributed by atoms with E-state index in [0.29, 0.717) is 0 Å². The Bertz CT molecular complexity index is 318. The highest BCUT2D eigenvalue weighted by atomic mass is 35.5. The van der Waals surface area contributed by atoms with Crippen molar-refractivity contribution >= 4 is 11.6 Å². The van der Waals surface area contributed by atoms with E-state index < -0.39 is 12.3 Å². The quantitative estimate of drug-likeness (QED) is 0.727. The van der Waals surface area contributed by atoms with Crippen LogP contribution in [0.3, 0.4) is 0 Å². The molecule has 3 nitrogen and oxygen atoms in total. The van der Waals surface area contributed by atoms with E-state index in [1.807, 2.05) is 0 Å². The van der Waals surface area contributed by atoms with Crippen molar-refractivity contribution in [2.45, 2.75) is 19.2 Å². The van der Waals surface area contributed by atoms with Gasteiger partial charge in [0.15, 0.2) is 6.10 Å². The van der Waals surface area contributed by atoms with Gasteiger partial charge in [-0.1, -0.05) is 11.6 Å². The van der Waals surface area contributed by atoms with E-state index in [0.717, 1.165) is 19.3 Å². The largest absolute Gasteiger partial charge is 0.465 e. The smallest absolute Gasteiger partial charge is 0.425 e. The van der Waals surface area contributed by atoms with Crippen molar-refractivity contribution in [3.8, 4) is 5.88 Å². The van der Waals surface area contributed by atoms with Gasteiger partial charge in [-0.3, -0.25) is 0 Å². The molecular weight excluding hydrogens is 221 g/mol. The van der Waals surface area contributed by atoms with E-state index in [9.17, 15) is 13.2 Å². The Morgan fingerprint density at radius 1 is 1.43 bits per heavy atom. The van der Waals surface area contributed by atoms with Crippen LogP contribution in [-0.4, -0.2) is 22.2 Å². The molecule has 0 aliphatic heterocycles. The first-order valence-electron chi connectivity index (χ1n) is 3.60. The van der Waals surface area contributed by atoms with Gasteiger partial charge in [0, 0.05) is 6.07 Å². The summed E-state index contributed by atoms with van der Waals surface area (Å²) >= 11 is 5.43. The molecule has 1 aromatic rings. The lowest BCUT2D eigenvalue weighted by atomic mass is 10.4. The summed E-state index contributed by atoms with van der Waals surface area (Å²) in [6, 6.07) is 1.11. The van der Waals surface area contributed by atoms with Crippen LogP contribution in [0.2, 0.25) is 5.15 Å². The van der Waals surface area contributed by atoms with E-state index in [1.165, 1.54) is 0 Å².